The molecule has 1 aliphatic rings. The highest BCUT2D eigenvalue weighted by atomic mass is 31.1. The van der Waals surface area contributed by atoms with Crippen LogP contribution >= 0.6 is 15.8 Å². The lowest BCUT2D eigenvalue weighted by Crippen LogP contribution is -2.32. The van der Waals surface area contributed by atoms with Crippen LogP contribution in [0.3, 0.4) is 0 Å². The highest BCUT2D eigenvalue weighted by Crippen LogP contribution is 2.77. The second kappa shape index (κ2) is 9.54. The van der Waals surface area contributed by atoms with E-state index in [1.807, 2.05) is 0 Å². The second-order valence-corrected chi connectivity index (χ2v) is 14.1. The first-order valence-electron chi connectivity index (χ1n) is 12.0. The van der Waals surface area contributed by atoms with Crippen molar-refractivity contribution in [3.63, 3.8) is 0 Å². The van der Waals surface area contributed by atoms with E-state index in [0.717, 1.165) is 0 Å². The van der Waals surface area contributed by atoms with E-state index in [2.05, 4.69) is 142 Å². The molecule has 0 aliphatic heterocycles. The smallest absolute Gasteiger partial charge is 0.0117 e. The van der Waals surface area contributed by atoms with Crippen molar-refractivity contribution in [2.24, 2.45) is 11.8 Å². The van der Waals surface area contributed by atoms with E-state index in [-0.39, 0.29) is 5.16 Å². The van der Waals surface area contributed by atoms with Gasteiger partial charge < -0.3 is 0 Å². The second-order valence-electron chi connectivity index (χ2n) is 9.32. The molecule has 4 aromatic rings. The van der Waals surface area contributed by atoms with Crippen LogP contribution in [0.2, 0.25) is 0 Å². The summed E-state index contributed by atoms with van der Waals surface area (Å²) in [6.45, 7) is 7.48. The molecule has 0 radical (unpaired) electrons. The maximum absolute atomic E-state index is 2.53. The van der Waals surface area contributed by atoms with Crippen molar-refractivity contribution in [3.8, 4) is 0 Å². The highest BCUT2D eigenvalue weighted by Gasteiger charge is 2.70. The summed E-state index contributed by atoms with van der Waals surface area (Å²) in [6.07, 6.45) is 0. The quantitative estimate of drug-likeness (QED) is 0.267. The normalized spacial score (nSPS) is 22.1. The summed E-state index contributed by atoms with van der Waals surface area (Å²) in [6, 6.07) is 45.3. The van der Waals surface area contributed by atoms with Crippen LogP contribution in [-0.4, -0.2) is 10.8 Å². The molecule has 4 aromatic carbocycles. The number of rotatable bonds is 7. The molecule has 1 aliphatic carbocycles. The topological polar surface area (TPSA) is 0 Å². The number of hydrogen-bond donors (Lipinski definition) is 0. The van der Waals surface area contributed by atoms with Crippen LogP contribution < -0.4 is 21.2 Å². The van der Waals surface area contributed by atoms with Gasteiger partial charge in [-0.25, -0.2) is 0 Å². The van der Waals surface area contributed by atoms with Crippen molar-refractivity contribution in [1.29, 1.82) is 0 Å². The van der Waals surface area contributed by atoms with E-state index in [1.54, 1.807) is 0 Å². The summed E-state index contributed by atoms with van der Waals surface area (Å²) in [7, 11) is -0.954. The van der Waals surface area contributed by atoms with Crippen molar-refractivity contribution >= 4 is 37.1 Å². The Labute approximate surface area is 201 Å². The van der Waals surface area contributed by atoms with Crippen molar-refractivity contribution < 1.29 is 0 Å². The number of benzene rings is 4. The molecule has 0 amide bonds. The molecule has 0 aromatic heterocycles. The van der Waals surface area contributed by atoms with Crippen LogP contribution in [0.5, 0.6) is 0 Å². The summed E-state index contributed by atoms with van der Waals surface area (Å²) >= 11 is 0. The molecule has 0 saturated heterocycles. The van der Waals surface area contributed by atoms with E-state index >= 15 is 0 Å². The van der Waals surface area contributed by atoms with Crippen molar-refractivity contribution in [2.75, 3.05) is 0 Å². The first-order chi connectivity index (χ1) is 16.2. The first-order valence-corrected chi connectivity index (χ1v) is 14.7. The van der Waals surface area contributed by atoms with E-state index in [9.17, 15) is 0 Å². The average Bonchev–Trinajstić information content (AvgIpc) is 3.47. The van der Waals surface area contributed by atoms with Gasteiger partial charge in [0.15, 0.2) is 0 Å². The summed E-state index contributed by atoms with van der Waals surface area (Å²) in [5.41, 5.74) is 0.656. The van der Waals surface area contributed by atoms with Crippen molar-refractivity contribution in [2.45, 2.75) is 31.6 Å². The van der Waals surface area contributed by atoms with Crippen molar-refractivity contribution in [1.82, 2.24) is 0 Å². The minimum Gasteiger partial charge on any atom is -0.0622 e. The first kappa shape index (κ1) is 22.5. The Morgan fingerprint density at radius 3 is 1.21 bits per heavy atom. The van der Waals surface area contributed by atoms with Crippen LogP contribution in [0, 0.1) is 11.8 Å². The zero-order chi connectivity index (χ0) is 22.8. The van der Waals surface area contributed by atoms with Gasteiger partial charge >= 0.3 is 0 Å². The maximum Gasteiger partial charge on any atom is 0.0117 e. The molecule has 1 saturated carbocycles. The summed E-state index contributed by atoms with van der Waals surface area (Å²) in [5.74, 6) is 1.26. The Balaban J connectivity index is 1.70. The Morgan fingerprint density at radius 2 is 0.879 bits per heavy atom. The molecule has 0 spiro atoms. The van der Waals surface area contributed by atoms with Crippen LogP contribution in [-0.2, 0) is 0 Å². The van der Waals surface area contributed by atoms with Gasteiger partial charge in [-0.15, -0.1) is 0 Å². The highest BCUT2D eigenvalue weighted by molar-refractivity contribution is 7.79. The monoisotopic (exact) mass is 466 g/mol. The minimum absolute atomic E-state index is 0.273. The minimum atomic E-state index is -0.498. The van der Waals surface area contributed by atoms with Gasteiger partial charge in [0, 0.05) is 10.8 Å². The Hall–Kier alpha value is -2.26. The lowest BCUT2D eigenvalue weighted by Gasteiger charge is -2.36. The van der Waals surface area contributed by atoms with E-state index in [4.69, 9.17) is 0 Å². The molecule has 3 atom stereocenters. The van der Waals surface area contributed by atoms with Gasteiger partial charge in [0.2, 0.25) is 0 Å². The lowest BCUT2D eigenvalue weighted by atomic mass is 10.1. The molecule has 0 N–H and O–H groups in total. The van der Waals surface area contributed by atoms with E-state index in [1.165, 1.54) is 21.2 Å². The molecular weight excluding hydrogens is 434 g/mol. The largest absolute Gasteiger partial charge is 0.0622 e. The van der Waals surface area contributed by atoms with Gasteiger partial charge in [0.25, 0.3) is 0 Å². The molecule has 1 fully saturated rings. The fourth-order valence-corrected chi connectivity index (χ4v) is 13.7. The molecule has 5 rings (SSSR count). The molecule has 33 heavy (non-hydrogen) atoms. The maximum atomic E-state index is 2.53. The van der Waals surface area contributed by atoms with Crippen LogP contribution in [0.25, 0.3) is 0 Å². The van der Waals surface area contributed by atoms with Gasteiger partial charge in [-0.1, -0.05) is 142 Å². The third kappa shape index (κ3) is 3.99. The van der Waals surface area contributed by atoms with Crippen LogP contribution in [0.4, 0.5) is 0 Å². The van der Waals surface area contributed by atoms with E-state index in [0.29, 0.717) is 17.5 Å². The Morgan fingerprint density at radius 1 is 0.545 bits per heavy atom. The fraction of sp³-hybridized carbons (Fsp3) is 0.226. The van der Waals surface area contributed by atoms with Gasteiger partial charge in [-0.05, 0) is 48.9 Å². The number of hydrogen-bond acceptors (Lipinski definition) is 0. The van der Waals surface area contributed by atoms with Gasteiger partial charge in [-0.2, -0.15) is 0 Å². The van der Waals surface area contributed by atoms with Crippen molar-refractivity contribution in [3.05, 3.63) is 121 Å². The van der Waals surface area contributed by atoms with E-state index < -0.39 is 15.8 Å². The summed E-state index contributed by atoms with van der Waals surface area (Å²) < 4.78 is 0. The standard InChI is InChI=1S/C31H32P2/c1-24(2)31(33(28-20-12-6-13-21-28)29-22-14-7-15-23-29)25(3)30(31)32(26-16-8-4-9-17-26)27-18-10-5-11-19-27/h4-25,30H,1-3H3. The van der Waals surface area contributed by atoms with Gasteiger partial charge in [0.05, 0.1) is 0 Å². The zero-order valence-corrected chi connectivity index (χ0v) is 21.5. The molecule has 0 heterocycles. The molecule has 2 heteroatoms. The third-order valence-electron chi connectivity index (χ3n) is 7.26. The SMILES string of the molecule is CC(C)C1(P(c2ccccc2)c2ccccc2)C(C)C1P(c1ccccc1)c1ccccc1. The lowest BCUT2D eigenvalue weighted by molar-refractivity contribution is 0.566. The molecule has 166 valence electrons. The Kier molecular flexibility index (Phi) is 6.51. The van der Waals surface area contributed by atoms with Gasteiger partial charge in [0.1, 0.15) is 0 Å². The summed E-state index contributed by atoms with van der Waals surface area (Å²) in [4.78, 5) is 0. The predicted octanol–water partition coefficient (Wildman–Crippen LogP) is 6.67. The Bertz CT molecular complexity index is 1080. The zero-order valence-electron chi connectivity index (χ0n) is 19.7. The predicted molar refractivity (Wildman–Crippen MR) is 149 cm³/mol. The fourth-order valence-electron chi connectivity index (χ4n) is 5.84. The summed E-state index contributed by atoms with van der Waals surface area (Å²) in [5, 5.41) is 6.31. The molecule has 3 unspecified atom stereocenters. The van der Waals surface area contributed by atoms with Gasteiger partial charge in [-0.3, -0.25) is 0 Å². The average molecular weight is 467 g/mol. The molecule has 0 bridgehead atoms. The van der Waals surface area contributed by atoms with Crippen LogP contribution in [0.15, 0.2) is 121 Å². The molecule has 0 nitrogen and oxygen atoms in total. The van der Waals surface area contributed by atoms with Crippen LogP contribution in [0.1, 0.15) is 20.8 Å². The third-order valence-corrected chi connectivity index (χ3v) is 14.2. The molecular formula is C31H32P2.